The fraction of sp³-hybridized carbons (Fsp3) is 0.786. The standard InChI is InChI=1S/C14H24N2O/c1-5-16-9-8-15-12(16)14(17)7-6-13(3,4)10-11(14)2/h8-9,11,17H,5-7,10H2,1-4H3. The van der Waals surface area contributed by atoms with Crippen molar-refractivity contribution in [1.29, 1.82) is 0 Å². The maximum Gasteiger partial charge on any atom is 0.141 e. The van der Waals surface area contributed by atoms with E-state index in [1.54, 1.807) is 6.20 Å². The van der Waals surface area contributed by atoms with Gasteiger partial charge in [-0.2, -0.15) is 0 Å². The molecule has 1 heterocycles. The van der Waals surface area contributed by atoms with Crippen LogP contribution in [-0.2, 0) is 12.1 Å². The molecule has 0 amide bonds. The van der Waals surface area contributed by atoms with E-state index in [0.717, 1.165) is 31.6 Å². The summed E-state index contributed by atoms with van der Waals surface area (Å²) in [6.07, 6.45) is 6.69. The average Bonchev–Trinajstić information content (AvgIpc) is 2.72. The molecule has 2 atom stereocenters. The van der Waals surface area contributed by atoms with Crippen LogP contribution in [0.5, 0.6) is 0 Å². The smallest absolute Gasteiger partial charge is 0.141 e. The van der Waals surface area contributed by atoms with Crippen molar-refractivity contribution >= 4 is 0 Å². The molecule has 1 aliphatic rings. The van der Waals surface area contributed by atoms with Gasteiger partial charge in [-0.15, -0.1) is 0 Å². The van der Waals surface area contributed by atoms with E-state index < -0.39 is 5.60 Å². The molecule has 1 fully saturated rings. The van der Waals surface area contributed by atoms with Gasteiger partial charge < -0.3 is 9.67 Å². The summed E-state index contributed by atoms with van der Waals surface area (Å²) >= 11 is 0. The maximum absolute atomic E-state index is 11.0. The predicted molar refractivity (Wildman–Crippen MR) is 68.6 cm³/mol. The summed E-state index contributed by atoms with van der Waals surface area (Å²) in [5, 5.41) is 11.0. The molecule has 1 aromatic rings. The molecule has 0 bridgehead atoms. The molecule has 0 spiro atoms. The summed E-state index contributed by atoms with van der Waals surface area (Å²) in [5.41, 5.74) is -0.398. The van der Waals surface area contributed by atoms with Gasteiger partial charge in [0.1, 0.15) is 11.4 Å². The van der Waals surface area contributed by atoms with Crippen molar-refractivity contribution in [2.75, 3.05) is 0 Å². The monoisotopic (exact) mass is 236 g/mol. The molecule has 1 saturated carbocycles. The minimum absolute atomic E-state index is 0.263. The van der Waals surface area contributed by atoms with Gasteiger partial charge in [0, 0.05) is 18.9 Å². The molecule has 2 unspecified atom stereocenters. The van der Waals surface area contributed by atoms with E-state index in [2.05, 4.69) is 37.2 Å². The molecule has 3 nitrogen and oxygen atoms in total. The molecule has 3 heteroatoms. The summed E-state index contributed by atoms with van der Waals surface area (Å²) in [7, 11) is 0. The SMILES string of the molecule is CCn1ccnc1C1(O)CCC(C)(C)CC1C. The average molecular weight is 236 g/mol. The number of hydrogen-bond acceptors (Lipinski definition) is 2. The Morgan fingerprint density at radius 3 is 2.76 bits per heavy atom. The summed E-state index contributed by atoms with van der Waals surface area (Å²) in [6.45, 7) is 9.68. The van der Waals surface area contributed by atoms with Crippen LogP contribution in [0.1, 0.15) is 52.8 Å². The number of aryl methyl sites for hydroxylation is 1. The van der Waals surface area contributed by atoms with Crippen LogP contribution in [0.4, 0.5) is 0 Å². The van der Waals surface area contributed by atoms with Crippen molar-refractivity contribution in [3.8, 4) is 0 Å². The van der Waals surface area contributed by atoms with Gasteiger partial charge in [-0.3, -0.25) is 0 Å². The van der Waals surface area contributed by atoms with Crippen LogP contribution >= 0.6 is 0 Å². The fourth-order valence-corrected chi connectivity index (χ4v) is 3.15. The molecule has 1 aromatic heterocycles. The highest BCUT2D eigenvalue weighted by Crippen LogP contribution is 2.48. The first-order valence-corrected chi connectivity index (χ1v) is 6.63. The first-order chi connectivity index (χ1) is 7.89. The van der Waals surface area contributed by atoms with Crippen LogP contribution in [0.3, 0.4) is 0 Å². The van der Waals surface area contributed by atoms with Gasteiger partial charge in [0.25, 0.3) is 0 Å². The summed E-state index contributed by atoms with van der Waals surface area (Å²) in [4.78, 5) is 4.39. The quantitative estimate of drug-likeness (QED) is 0.857. The van der Waals surface area contributed by atoms with Crippen LogP contribution < -0.4 is 0 Å². The first-order valence-electron chi connectivity index (χ1n) is 6.63. The van der Waals surface area contributed by atoms with Crippen LogP contribution in [0.15, 0.2) is 12.4 Å². The second-order valence-corrected chi connectivity index (χ2v) is 6.23. The zero-order chi connectivity index (χ0) is 12.7. The Kier molecular flexibility index (Phi) is 3.06. The highest BCUT2D eigenvalue weighted by molar-refractivity contribution is 5.10. The van der Waals surface area contributed by atoms with E-state index in [9.17, 15) is 5.11 Å². The Bertz CT molecular complexity index is 397. The lowest BCUT2D eigenvalue weighted by atomic mass is 9.65. The van der Waals surface area contributed by atoms with E-state index in [-0.39, 0.29) is 5.92 Å². The third-order valence-electron chi connectivity index (χ3n) is 4.30. The van der Waals surface area contributed by atoms with Crippen LogP contribution in [-0.4, -0.2) is 14.7 Å². The van der Waals surface area contributed by atoms with Gasteiger partial charge in [-0.25, -0.2) is 4.98 Å². The molecule has 1 N–H and O–H groups in total. The topological polar surface area (TPSA) is 38.0 Å². The van der Waals surface area contributed by atoms with Crippen LogP contribution in [0.25, 0.3) is 0 Å². The van der Waals surface area contributed by atoms with Crippen molar-refractivity contribution in [2.24, 2.45) is 11.3 Å². The number of nitrogens with zero attached hydrogens (tertiary/aromatic N) is 2. The van der Waals surface area contributed by atoms with E-state index in [1.807, 2.05) is 6.20 Å². The largest absolute Gasteiger partial charge is 0.382 e. The molecular formula is C14H24N2O. The van der Waals surface area contributed by atoms with Crippen molar-refractivity contribution in [3.05, 3.63) is 18.2 Å². The normalized spacial score (nSPS) is 32.6. The van der Waals surface area contributed by atoms with Gasteiger partial charge in [-0.1, -0.05) is 20.8 Å². The fourth-order valence-electron chi connectivity index (χ4n) is 3.15. The second kappa shape index (κ2) is 4.13. The number of aliphatic hydroxyl groups is 1. The Morgan fingerprint density at radius 2 is 2.18 bits per heavy atom. The number of aromatic nitrogens is 2. The third kappa shape index (κ3) is 2.13. The minimum atomic E-state index is -0.741. The van der Waals surface area contributed by atoms with E-state index in [1.165, 1.54) is 0 Å². The Labute approximate surface area is 104 Å². The summed E-state index contributed by atoms with van der Waals surface area (Å²) in [6, 6.07) is 0. The third-order valence-corrected chi connectivity index (χ3v) is 4.30. The summed E-state index contributed by atoms with van der Waals surface area (Å²) < 4.78 is 2.06. The number of rotatable bonds is 2. The van der Waals surface area contributed by atoms with Crippen molar-refractivity contribution in [1.82, 2.24) is 9.55 Å². The molecule has 0 saturated heterocycles. The van der Waals surface area contributed by atoms with Crippen LogP contribution in [0.2, 0.25) is 0 Å². The highest BCUT2D eigenvalue weighted by atomic mass is 16.3. The summed E-state index contributed by atoms with van der Waals surface area (Å²) in [5.74, 6) is 1.11. The van der Waals surface area contributed by atoms with E-state index in [4.69, 9.17) is 0 Å². The Morgan fingerprint density at radius 1 is 1.47 bits per heavy atom. The molecule has 17 heavy (non-hydrogen) atoms. The molecule has 0 aliphatic heterocycles. The second-order valence-electron chi connectivity index (χ2n) is 6.23. The van der Waals surface area contributed by atoms with E-state index >= 15 is 0 Å². The van der Waals surface area contributed by atoms with Gasteiger partial charge >= 0.3 is 0 Å². The predicted octanol–water partition coefficient (Wildman–Crippen LogP) is 2.94. The molecule has 0 aromatic carbocycles. The van der Waals surface area contributed by atoms with Gasteiger partial charge in [0.15, 0.2) is 0 Å². The van der Waals surface area contributed by atoms with Crippen molar-refractivity contribution in [2.45, 2.75) is 59.1 Å². The Hall–Kier alpha value is -0.830. The molecule has 2 rings (SSSR count). The molecule has 1 aliphatic carbocycles. The number of imidazole rings is 1. The van der Waals surface area contributed by atoms with Gasteiger partial charge in [0.05, 0.1) is 0 Å². The Balaban J connectivity index is 2.31. The highest BCUT2D eigenvalue weighted by Gasteiger charge is 2.45. The molecule has 96 valence electrons. The van der Waals surface area contributed by atoms with Crippen molar-refractivity contribution < 1.29 is 5.11 Å². The molecule has 0 radical (unpaired) electrons. The van der Waals surface area contributed by atoms with Crippen molar-refractivity contribution in [3.63, 3.8) is 0 Å². The zero-order valence-corrected chi connectivity index (χ0v) is 11.4. The number of hydrogen-bond donors (Lipinski definition) is 1. The minimum Gasteiger partial charge on any atom is -0.382 e. The first kappa shape index (κ1) is 12.6. The molecular weight excluding hydrogens is 212 g/mol. The maximum atomic E-state index is 11.0. The van der Waals surface area contributed by atoms with Gasteiger partial charge in [0.2, 0.25) is 0 Å². The van der Waals surface area contributed by atoms with E-state index in [0.29, 0.717) is 5.41 Å². The zero-order valence-electron chi connectivity index (χ0n) is 11.4. The lowest BCUT2D eigenvalue weighted by Crippen LogP contribution is -2.43. The van der Waals surface area contributed by atoms with Crippen LogP contribution in [0, 0.1) is 11.3 Å². The lowest BCUT2D eigenvalue weighted by molar-refractivity contribution is -0.0854. The van der Waals surface area contributed by atoms with Gasteiger partial charge in [-0.05, 0) is 37.5 Å². The lowest BCUT2D eigenvalue weighted by Gasteiger charge is -2.44.